The molecule has 0 aliphatic rings. The van der Waals surface area contributed by atoms with Crippen LogP contribution >= 0.6 is 0 Å². The van der Waals surface area contributed by atoms with Crippen LogP contribution in [0, 0.1) is 5.92 Å². The number of nitrogens with one attached hydrogen (secondary N) is 1. The SMILES string of the molecule is CC(C)COCCNC(=O)c1ccc(CCN)cc1. The Hall–Kier alpha value is -1.39. The van der Waals surface area contributed by atoms with Crippen LogP contribution in [0.5, 0.6) is 0 Å². The minimum absolute atomic E-state index is 0.0626. The van der Waals surface area contributed by atoms with Gasteiger partial charge in [-0.05, 0) is 36.6 Å². The molecule has 0 atom stereocenters. The van der Waals surface area contributed by atoms with Gasteiger partial charge >= 0.3 is 0 Å². The van der Waals surface area contributed by atoms with Crippen LogP contribution in [0.3, 0.4) is 0 Å². The van der Waals surface area contributed by atoms with Crippen molar-refractivity contribution in [3.8, 4) is 0 Å². The summed E-state index contributed by atoms with van der Waals surface area (Å²) in [6, 6.07) is 7.54. The van der Waals surface area contributed by atoms with E-state index in [9.17, 15) is 4.79 Å². The average molecular weight is 264 g/mol. The van der Waals surface area contributed by atoms with E-state index < -0.39 is 0 Å². The molecule has 0 heterocycles. The number of hydrogen-bond donors (Lipinski definition) is 2. The van der Waals surface area contributed by atoms with Crippen LogP contribution in [0.25, 0.3) is 0 Å². The molecule has 19 heavy (non-hydrogen) atoms. The van der Waals surface area contributed by atoms with E-state index in [0.717, 1.165) is 18.6 Å². The quantitative estimate of drug-likeness (QED) is 0.701. The summed E-state index contributed by atoms with van der Waals surface area (Å²) >= 11 is 0. The largest absolute Gasteiger partial charge is 0.379 e. The summed E-state index contributed by atoms with van der Waals surface area (Å²) in [7, 11) is 0. The third-order valence-electron chi connectivity index (χ3n) is 2.63. The number of hydrogen-bond acceptors (Lipinski definition) is 3. The molecule has 0 aliphatic carbocycles. The van der Waals surface area contributed by atoms with E-state index in [1.807, 2.05) is 24.3 Å². The predicted octanol–water partition coefficient (Wildman–Crippen LogP) is 1.59. The highest BCUT2D eigenvalue weighted by molar-refractivity contribution is 5.94. The maximum atomic E-state index is 11.8. The molecule has 0 saturated heterocycles. The van der Waals surface area contributed by atoms with Gasteiger partial charge in [-0.15, -0.1) is 0 Å². The van der Waals surface area contributed by atoms with Crippen LogP contribution in [0.15, 0.2) is 24.3 Å². The lowest BCUT2D eigenvalue weighted by Gasteiger charge is -2.08. The Labute approximate surface area is 115 Å². The van der Waals surface area contributed by atoms with Gasteiger partial charge in [-0.1, -0.05) is 26.0 Å². The molecule has 1 rings (SSSR count). The van der Waals surface area contributed by atoms with Gasteiger partial charge in [0, 0.05) is 18.7 Å². The van der Waals surface area contributed by atoms with Gasteiger partial charge in [0.1, 0.15) is 0 Å². The zero-order valence-electron chi connectivity index (χ0n) is 11.8. The molecule has 0 saturated carbocycles. The molecule has 0 aliphatic heterocycles. The highest BCUT2D eigenvalue weighted by Crippen LogP contribution is 2.04. The first-order valence-corrected chi connectivity index (χ1v) is 6.78. The Morgan fingerprint density at radius 2 is 2.00 bits per heavy atom. The first-order chi connectivity index (χ1) is 9.13. The van der Waals surface area contributed by atoms with Crippen LogP contribution in [-0.2, 0) is 11.2 Å². The van der Waals surface area contributed by atoms with Crippen molar-refractivity contribution < 1.29 is 9.53 Å². The maximum absolute atomic E-state index is 11.8. The third-order valence-corrected chi connectivity index (χ3v) is 2.63. The van der Waals surface area contributed by atoms with Crippen molar-refractivity contribution in [2.45, 2.75) is 20.3 Å². The number of carbonyl (C=O) groups is 1. The molecular formula is C15H24N2O2. The van der Waals surface area contributed by atoms with Crippen molar-refractivity contribution in [2.24, 2.45) is 11.7 Å². The van der Waals surface area contributed by atoms with Gasteiger partial charge < -0.3 is 15.8 Å². The van der Waals surface area contributed by atoms with E-state index in [4.69, 9.17) is 10.5 Å². The van der Waals surface area contributed by atoms with E-state index in [2.05, 4.69) is 19.2 Å². The standard InChI is InChI=1S/C15H24N2O2/c1-12(2)11-19-10-9-17-15(18)14-5-3-13(4-6-14)7-8-16/h3-6,12H,7-11,16H2,1-2H3,(H,17,18). The van der Waals surface area contributed by atoms with E-state index in [1.54, 1.807) is 0 Å². The highest BCUT2D eigenvalue weighted by Gasteiger charge is 2.04. The summed E-state index contributed by atoms with van der Waals surface area (Å²) in [6.45, 7) is 6.64. The molecule has 0 radical (unpaired) electrons. The number of nitrogens with two attached hydrogens (primary N) is 1. The number of rotatable bonds is 8. The predicted molar refractivity (Wildman–Crippen MR) is 77.2 cm³/mol. The van der Waals surface area contributed by atoms with Gasteiger partial charge in [0.15, 0.2) is 0 Å². The highest BCUT2D eigenvalue weighted by atomic mass is 16.5. The molecule has 4 heteroatoms. The Kier molecular flexibility index (Phi) is 7.15. The number of carbonyl (C=O) groups excluding carboxylic acids is 1. The lowest BCUT2D eigenvalue weighted by atomic mass is 10.1. The lowest BCUT2D eigenvalue weighted by Crippen LogP contribution is -2.27. The van der Waals surface area contributed by atoms with Gasteiger partial charge in [-0.3, -0.25) is 4.79 Å². The van der Waals surface area contributed by atoms with Crippen LogP contribution in [0.1, 0.15) is 29.8 Å². The summed E-state index contributed by atoms with van der Waals surface area (Å²) in [5, 5.41) is 2.84. The molecule has 1 aromatic rings. The minimum Gasteiger partial charge on any atom is -0.379 e. The van der Waals surface area contributed by atoms with E-state index in [0.29, 0.717) is 31.2 Å². The first-order valence-electron chi connectivity index (χ1n) is 6.78. The second kappa shape index (κ2) is 8.67. The number of ether oxygens (including phenoxy) is 1. The summed E-state index contributed by atoms with van der Waals surface area (Å²) in [4.78, 5) is 11.8. The topological polar surface area (TPSA) is 64.3 Å². The normalized spacial score (nSPS) is 10.7. The van der Waals surface area contributed by atoms with Gasteiger partial charge in [0.25, 0.3) is 5.91 Å². The van der Waals surface area contributed by atoms with Gasteiger partial charge in [0.2, 0.25) is 0 Å². The zero-order valence-corrected chi connectivity index (χ0v) is 11.8. The fourth-order valence-electron chi connectivity index (χ4n) is 1.65. The second-order valence-electron chi connectivity index (χ2n) is 4.96. The molecule has 0 unspecified atom stereocenters. The molecule has 1 amide bonds. The van der Waals surface area contributed by atoms with E-state index >= 15 is 0 Å². The average Bonchev–Trinajstić information content (AvgIpc) is 2.39. The second-order valence-corrected chi connectivity index (χ2v) is 4.96. The van der Waals surface area contributed by atoms with Crippen molar-refractivity contribution in [2.75, 3.05) is 26.3 Å². The fourth-order valence-corrected chi connectivity index (χ4v) is 1.65. The van der Waals surface area contributed by atoms with Crippen LogP contribution < -0.4 is 11.1 Å². The van der Waals surface area contributed by atoms with Crippen LogP contribution in [0.2, 0.25) is 0 Å². The van der Waals surface area contributed by atoms with Gasteiger partial charge in [-0.2, -0.15) is 0 Å². The summed E-state index contributed by atoms with van der Waals surface area (Å²) in [5.41, 5.74) is 7.30. The Balaban J connectivity index is 2.29. The zero-order chi connectivity index (χ0) is 14.1. The Morgan fingerprint density at radius 1 is 1.32 bits per heavy atom. The first kappa shape index (κ1) is 15.7. The lowest BCUT2D eigenvalue weighted by molar-refractivity contribution is 0.0886. The molecule has 1 aromatic carbocycles. The monoisotopic (exact) mass is 264 g/mol. The summed E-state index contributed by atoms with van der Waals surface area (Å²) in [6.07, 6.45) is 0.838. The molecule has 0 aromatic heterocycles. The molecule has 106 valence electrons. The van der Waals surface area contributed by atoms with E-state index in [1.165, 1.54) is 0 Å². The molecule has 0 bridgehead atoms. The van der Waals surface area contributed by atoms with Crippen molar-refractivity contribution >= 4 is 5.91 Å². The smallest absolute Gasteiger partial charge is 0.251 e. The van der Waals surface area contributed by atoms with Crippen molar-refractivity contribution in [1.29, 1.82) is 0 Å². The molecule has 3 N–H and O–H groups in total. The van der Waals surface area contributed by atoms with Crippen LogP contribution in [-0.4, -0.2) is 32.2 Å². The Morgan fingerprint density at radius 3 is 2.58 bits per heavy atom. The summed E-state index contributed by atoms with van der Waals surface area (Å²) < 4.78 is 5.40. The molecule has 0 fully saturated rings. The Bertz CT molecular complexity index is 374. The molecule has 4 nitrogen and oxygen atoms in total. The van der Waals surface area contributed by atoms with Gasteiger partial charge in [0.05, 0.1) is 6.61 Å². The maximum Gasteiger partial charge on any atom is 0.251 e. The third kappa shape index (κ3) is 6.36. The van der Waals surface area contributed by atoms with Crippen LogP contribution in [0.4, 0.5) is 0 Å². The summed E-state index contributed by atoms with van der Waals surface area (Å²) in [5.74, 6) is 0.457. The number of amides is 1. The fraction of sp³-hybridized carbons (Fsp3) is 0.533. The van der Waals surface area contributed by atoms with Crippen molar-refractivity contribution in [3.63, 3.8) is 0 Å². The van der Waals surface area contributed by atoms with Gasteiger partial charge in [-0.25, -0.2) is 0 Å². The van der Waals surface area contributed by atoms with Crippen molar-refractivity contribution in [1.82, 2.24) is 5.32 Å². The minimum atomic E-state index is -0.0626. The van der Waals surface area contributed by atoms with E-state index in [-0.39, 0.29) is 5.91 Å². The number of benzene rings is 1. The molecular weight excluding hydrogens is 240 g/mol. The van der Waals surface area contributed by atoms with Crippen molar-refractivity contribution in [3.05, 3.63) is 35.4 Å². The molecule has 0 spiro atoms.